The summed E-state index contributed by atoms with van der Waals surface area (Å²) in [5.74, 6) is 0. The normalized spacial score (nSPS) is 15.0. The summed E-state index contributed by atoms with van der Waals surface area (Å²) in [6.45, 7) is 27.0. The Kier molecular flexibility index (Phi) is 11.2. The first-order valence-electron chi connectivity index (χ1n) is 12.1. The highest BCUT2D eigenvalue weighted by atomic mass is 28.4. The first-order valence-corrected chi connectivity index (χ1v) is 22.2. The van der Waals surface area contributed by atoms with Crippen LogP contribution in [0.25, 0.3) is 0 Å². The van der Waals surface area contributed by atoms with Gasteiger partial charge < -0.3 is 13.6 Å². The number of benzene rings is 1. The molecule has 6 heteroatoms. The maximum Gasteiger partial charge on any atom is 0.249 e. The van der Waals surface area contributed by atoms with Crippen molar-refractivity contribution in [1.29, 1.82) is 0 Å². The lowest BCUT2D eigenvalue weighted by Crippen LogP contribution is -2.39. The summed E-state index contributed by atoms with van der Waals surface area (Å²) in [5, 5.41) is 0.202. The van der Waals surface area contributed by atoms with Gasteiger partial charge in [-0.1, -0.05) is 70.7 Å². The molecule has 0 fully saturated rings. The zero-order chi connectivity index (χ0) is 24.6. The molecular weight excluding hydrogens is 445 g/mol. The molecule has 0 unspecified atom stereocenters. The second kappa shape index (κ2) is 12.2. The van der Waals surface area contributed by atoms with E-state index in [0.717, 1.165) is 18.9 Å². The Bertz CT molecular complexity index is 696. The topological polar surface area (TPSA) is 27.7 Å². The van der Waals surface area contributed by atoms with Crippen LogP contribution in [0.3, 0.4) is 0 Å². The van der Waals surface area contributed by atoms with E-state index in [-0.39, 0.29) is 11.1 Å². The maximum atomic E-state index is 6.62. The smallest absolute Gasteiger partial charge is 0.249 e. The Labute approximate surface area is 202 Å². The standard InChI is InChI=1S/C26H50O3Si3/c1-26(2,3)32(10,11)28-21-24(22-30(4,5)6)19-25(29-31(7,8)9)17-18-27-20-23-15-13-12-14-16-23/h12-16,21,25H,17-20,22H2,1-11H3/b24-21-/t25-/m1/s1. The Morgan fingerprint density at radius 1 is 0.938 bits per heavy atom. The minimum atomic E-state index is -1.83. The maximum absolute atomic E-state index is 6.62. The molecule has 0 heterocycles. The van der Waals surface area contributed by atoms with Crippen molar-refractivity contribution in [3.8, 4) is 0 Å². The molecule has 0 N–H and O–H groups in total. The number of hydrogen-bond donors (Lipinski definition) is 0. The highest BCUT2D eigenvalue weighted by molar-refractivity contribution is 6.76. The third kappa shape index (κ3) is 12.5. The van der Waals surface area contributed by atoms with Gasteiger partial charge in [0.05, 0.1) is 19.0 Å². The van der Waals surface area contributed by atoms with Crippen LogP contribution in [-0.4, -0.2) is 37.4 Å². The average Bonchev–Trinajstić information content (AvgIpc) is 2.60. The van der Waals surface area contributed by atoms with Gasteiger partial charge in [0.1, 0.15) is 0 Å². The Balaban J connectivity index is 2.89. The lowest BCUT2D eigenvalue weighted by atomic mass is 10.1. The van der Waals surface area contributed by atoms with Crippen molar-refractivity contribution in [3.05, 3.63) is 47.7 Å². The molecule has 0 aliphatic carbocycles. The van der Waals surface area contributed by atoms with Gasteiger partial charge in [-0.3, -0.25) is 0 Å². The second-order valence-corrected chi connectivity index (χ2v) is 27.5. The third-order valence-electron chi connectivity index (χ3n) is 5.79. The summed E-state index contributed by atoms with van der Waals surface area (Å²) in [4.78, 5) is 0. The molecule has 1 aromatic rings. The molecule has 0 aliphatic rings. The molecule has 3 nitrogen and oxygen atoms in total. The molecule has 184 valence electrons. The predicted octanol–water partition coefficient (Wildman–Crippen LogP) is 8.45. The van der Waals surface area contributed by atoms with E-state index in [9.17, 15) is 0 Å². The summed E-state index contributed by atoms with van der Waals surface area (Å²) in [6.07, 6.45) is 4.17. The second-order valence-electron chi connectivity index (χ2n) is 12.8. The largest absolute Gasteiger partial charge is 0.549 e. The van der Waals surface area contributed by atoms with Gasteiger partial charge in [0.2, 0.25) is 8.32 Å². The van der Waals surface area contributed by atoms with Gasteiger partial charge in [-0.25, -0.2) is 0 Å². The van der Waals surface area contributed by atoms with Crippen LogP contribution in [0.15, 0.2) is 42.2 Å². The van der Waals surface area contributed by atoms with Crippen molar-refractivity contribution >= 4 is 24.7 Å². The van der Waals surface area contributed by atoms with Crippen LogP contribution >= 0.6 is 0 Å². The summed E-state index contributed by atoms with van der Waals surface area (Å²) < 4.78 is 19.2. The molecule has 1 aromatic carbocycles. The van der Waals surface area contributed by atoms with Crippen molar-refractivity contribution in [2.45, 2.75) is 110 Å². The van der Waals surface area contributed by atoms with Gasteiger partial charge in [-0.15, -0.1) is 0 Å². The lowest BCUT2D eigenvalue weighted by Gasteiger charge is -2.36. The van der Waals surface area contributed by atoms with Gasteiger partial charge in [-0.05, 0) is 67.8 Å². The van der Waals surface area contributed by atoms with Crippen LogP contribution in [-0.2, 0) is 20.2 Å². The van der Waals surface area contributed by atoms with Gasteiger partial charge >= 0.3 is 0 Å². The summed E-state index contributed by atoms with van der Waals surface area (Å²) in [5.41, 5.74) is 2.64. The highest BCUT2D eigenvalue weighted by Crippen LogP contribution is 2.37. The molecule has 0 saturated carbocycles. The fourth-order valence-electron chi connectivity index (χ4n) is 3.22. The zero-order valence-corrected chi connectivity index (χ0v) is 25.8. The highest BCUT2D eigenvalue weighted by Gasteiger charge is 2.38. The number of ether oxygens (including phenoxy) is 1. The van der Waals surface area contributed by atoms with Crippen LogP contribution in [0.5, 0.6) is 0 Å². The summed E-state index contributed by atoms with van der Waals surface area (Å²) in [7, 11) is -4.77. The van der Waals surface area contributed by atoms with E-state index in [0.29, 0.717) is 13.2 Å². The molecule has 0 amide bonds. The summed E-state index contributed by atoms with van der Waals surface area (Å²) in [6, 6.07) is 11.5. The number of rotatable bonds is 13. The molecule has 0 radical (unpaired) electrons. The fourth-order valence-corrected chi connectivity index (χ4v) is 6.83. The van der Waals surface area contributed by atoms with Crippen molar-refractivity contribution < 1.29 is 13.6 Å². The van der Waals surface area contributed by atoms with Crippen molar-refractivity contribution in [1.82, 2.24) is 0 Å². The monoisotopic (exact) mass is 494 g/mol. The van der Waals surface area contributed by atoms with Crippen LogP contribution in [0.4, 0.5) is 0 Å². The van der Waals surface area contributed by atoms with Gasteiger partial charge in [-0.2, -0.15) is 0 Å². The van der Waals surface area contributed by atoms with Gasteiger partial charge in [0.15, 0.2) is 8.32 Å². The average molecular weight is 495 g/mol. The Hall–Kier alpha value is -0.669. The zero-order valence-electron chi connectivity index (χ0n) is 22.8. The predicted molar refractivity (Wildman–Crippen MR) is 148 cm³/mol. The number of hydrogen-bond acceptors (Lipinski definition) is 3. The van der Waals surface area contributed by atoms with E-state index < -0.39 is 24.7 Å². The first-order chi connectivity index (χ1) is 14.5. The molecule has 0 bridgehead atoms. The molecule has 1 rings (SSSR count). The summed E-state index contributed by atoms with van der Waals surface area (Å²) >= 11 is 0. The van der Waals surface area contributed by atoms with Crippen molar-refractivity contribution in [2.75, 3.05) is 6.61 Å². The first kappa shape index (κ1) is 29.4. The van der Waals surface area contributed by atoms with E-state index in [4.69, 9.17) is 13.6 Å². The minimum absolute atomic E-state index is 0.183. The van der Waals surface area contributed by atoms with Crippen LogP contribution < -0.4 is 0 Å². The van der Waals surface area contributed by atoms with E-state index in [1.807, 2.05) is 6.07 Å². The van der Waals surface area contributed by atoms with Crippen LogP contribution in [0.1, 0.15) is 39.2 Å². The van der Waals surface area contributed by atoms with E-state index in [2.05, 4.69) is 104 Å². The van der Waals surface area contributed by atoms with Gasteiger partial charge in [0.25, 0.3) is 0 Å². The Morgan fingerprint density at radius 2 is 1.53 bits per heavy atom. The molecule has 0 aromatic heterocycles. The SMILES string of the molecule is CC(C)(C)[Si](C)(C)O/C=C(/C[C@@H](CCOCc1ccccc1)O[Si](C)(C)C)C[Si](C)(C)C. The quantitative estimate of drug-likeness (QED) is 0.156. The van der Waals surface area contributed by atoms with Crippen molar-refractivity contribution in [2.24, 2.45) is 0 Å². The fraction of sp³-hybridized carbons (Fsp3) is 0.692. The molecule has 0 spiro atoms. The molecule has 1 atom stereocenters. The van der Waals surface area contributed by atoms with Crippen molar-refractivity contribution in [3.63, 3.8) is 0 Å². The van der Waals surface area contributed by atoms with Crippen LogP contribution in [0, 0.1) is 0 Å². The van der Waals surface area contributed by atoms with E-state index in [1.165, 1.54) is 11.1 Å². The molecule has 0 saturated heterocycles. The lowest BCUT2D eigenvalue weighted by molar-refractivity contribution is 0.0799. The Morgan fingerprint density at radius 3 is 2.03 bits per heavy atom. The third-order valence-corrected chi connectivity index (χ3v) is 12.7. The molecule has 32 heavy (non-hydrogen) atoms. The van der Waals surface area contributed by atoms with E-state index >= 15 is 0 Å². The molecular formula is C26H50O3Si3. The van der Waals surface area contributed by atoms with Gasteiger partial charge in [0, 0.05) is 14.7 Å². The molecule has 0 aliphatic heterocycles. The minimum Gasteiger partial charge on any atom is -0.549 e. The van der Waals surface area contributed by atoms with Crippen LogP contribution in [0.2, 0.25) is 63.5 Å². The van der Waals surface area contributed by atoms with E-state index in [1.54, 1.807) is 0 Å².